The largest absolute Gasteiger partial charge is 0.401 e. The molecule has 1 aliphatic carbocycles. The molecule has 0 aromatic carbocycles. The van der Waals surface area contributed by atoms with Crippen LogP contribution < -0.4 is 5.32 Å². The summed E-state index contributed by atoms with van der Waals surface area (Å²) in [5, 5.41) is 3.26. The van der Waals surface area contributed by atoms with Gasteiger partial charge in [-0.1, -0.05) is 13.3 Å². The van der Waals surface area contributed by atoms with Crippen LogP contribution in [0, 0.1) is 5.92 Å². The average Bonchev–Trinajstić information content (AvgIpc) is 2.69. The molecular formula is C12H23F3N2. The number of nitrogens with one attached hydrogen (secondary N) is 1. The third kappa shape index (κ3) is 5.25. The molecule has 1 saturated carbocycles. The van der Waals surface area contributed by atoms with E-state index in [1.807, 2.05) is 7.05 Å². The first-order chi connectivity index (χ1) is 7.96. The van der Waals surface area contributed by atoms with E-state index in [1.54, 1.807) is 6.92 Å². The summed E-state index contributed by atoms with van der Waals surface area (Å²) in [5.41, 5.74) is 0. The molecule has 1 aliphatic rings. The van der Waals surface area contributed by atoms with Gasteiger partial charge < -0.3 is 5.32 Å². The molecule has 5 heteroatoms. The van der Waals surface area contributed by atoms with Gasteiger partial charge in [-0.05, 0) is 45.3 Å². The summed E-state index contributed by atoms with van der Waals surface area (Å²) in [6.07, 6.45) is 0.298. The number of hydrogen-bond donors (Lipinski definition) is 1. The first-order valence-corrected chi connectivity index (χ1v) is 6.42. The molecule has 1 fully saturated rings. The Kier molecular flexibility index (Phi) is 5.73. The number of rotatable bonds is 6. The summed E-state index contributed by atoms with van der Waals surface area (Å²) < 4.78 is 36.8. The van der Waals surface area contributed by atoms with Crippen molar-refractivity contribution in [2.45, 2.75) is 44.8 Å². The fourth-order valence-corrected chi connectivity index (χ4v) is 2.71. The normalized spacial score (nSPS) is 25.8. The van der Waals surface area contributed by atoms with Crippen molar-refractivity contribution in [3.63, 3.8) is 0 Å². The summed E-state index contributed by atoms with van der Waals surface area (Å²) in [5.74, 6) is 0.544. The molecule has 17 heavy (non-hydrogen) atoms. The maximum atomic E-state index is 12.3. The standard InChI is InChI=1S/C12H23F3N2/c1-3-17(9-12(13,14)15)8-7-10-5-4-6-11(10)16-2/h10-11,16H,3-9H2,1-2H3. The van der Waals surface area contributed by atoms with Crippen LogP contribution in [-0.2, 0) is 0 Å². The van der Waals surface area contributed by atoms with E-state index in [0.29, 0.717) is 25.0 Å². The molecule has 1 N–H and O–H groups in total. The van der Waals surface area contributed by atoms with Crippen LogP contribution >= 0.6 is 0 Å². The molecule has 2 nitrogen and oxygen atoms in total. The fourth-order valence-electron chi connectivity index (χ4n) is 2.71. The average molecular weight is 252 g/mol. The monoisotopic (exact) mass is 252 g/mol. The first-order valence-electron chi connectivity index (χ1n) is 6.42. The summed E-state index contributed by atoms with van der Waals surface area (Å²) in [7, 11) is 1.94. The highest BCUT2D eigenvalue weighted by atomic mass is 19.4. The molecule has 0 aliphatic heterocycles. The summed E-state index contributed by atoms with van der Waals surface area (Å²) >= 11 is 0. The Morgan fingerprint density at radius 1 is 1.29 bits per heavy atom. The summed E-state index contributed by atoms with van der Waals surface area (Å²) in [6, 6.07) is 0.500. The second kappa shape index (κ2) is 6.59. The van der Waals surface area contributed by atoms with Crippen molar-refractivity contribution in [3.05, 3.63) is 0 Å². The molecule has 0 spiro atoms. The van der Waals surface area contributed by atoms with E-state index >= 15 is 0 Å². The molecule has 0 heterocycles. The van der Waals surface area contributed by atoms with Gasteiger partial charge in [-0.2, -0.15) is 13.2 Å². The molecule has 0 radical (unpaired) electrons. The van der Waals surface area contributed by atoms with Gasteiger partial charge in [0.25, 0.3) is 0 Å². The minimum Gasteiger partial charge on any atom is -0.317 e. The highest BCUT2D eigenvalue weighted by Gasteiger charge is 2.31. The van der Waals surface area contributed by atoms with Gasteiger partial charge in [0.2, 0.25) is 0 Å². The molecule has 0 aromatic heterocycles. The predicted octanol–water partition coefficient (Wildman–Crippen LogP) is 2.65. The van der Waals surface area contributed by atoms with Crippen molar-refractivity contribution < 1.29 is 13.2 Å². The van der Waals surface area contributed by atoms with E-state index in [1.165, 1.54) is 11.3 Å². The van der Waals surface area contributed by atoms with E-state index in [0.717, 1.165) is 19.3 Å². The molecule has 0 saturated heterocycles. The van der Waals surface area contributed by atoms with E-state index in [9.17, 15) is 13.2 Å². The molecule has 102 valence electrons. The van der Waals surface area contributed by atoms with Crippen LogP contribution in [0.5, 0.6) is 0 Å². The van der Waals surface area contributed by atoms with Gasteiger partial charge in [0, 0.05) is 6.04 Å². The van der Waals surface area contributed by atoms with Gasteiger partial charge in [0.05, 0.1) is 6.54 Å². The van der Waals surface area contributed by atoms with E-state index in [2.05, 4.69) is 5.32 Å². The Morgan fingerprint density at radius 2 is 2.00 bits per heavy atom. The van der Waals surface area contributed by atoms with E-state index in [-0.39, 0.29) is 0 Å². The van der Waals surface area contributed by atoms with Gasteiger partial charge in [0.1, 0.15) is 0 Å². The number of alkyl halides is 3. The number of hydrogen-bond acceptors (Lipinski definition) is 2. The van der Waals surface area contributed by atoms with Crippen molar-refractivity contribution in [1.82, 2.24) is 10.2 Å². The third-order valence-electron chi connectivity index (χ3n) is 3.70. The predicted molar refractivity (Wildman–Crippen MR) is 63.0 cm³/mol. The Balaban J connectivity index is 2.32. The lowest BCUT2D eigenvalue weighted by molar-refractivity contribution is -0.145. The zero-order valence-corrected chi connectivity index (χ0v) is 10.7. The SMILES string of the molecule is CCN(CCC1CCCC1NC)CC(F)(F)F. The molecule has 0 amide bonds. The van der Waals surface area contributed by atoms with Crippen LogP contribution in [0.25, 0.3) is 0 Å². The lowest BCUT2D eigenvalue weighted by Gasteiger charge is -2.25. The zero-order valence-electron chi connectivity index (χ0n) is 10.7. The van der Waals surface area contributed by atoms with Crippen LogP contribution in [0.2, 0.25) is 0 Å². The van der Waals surface area contributed by atoms with Crippen LogP contribution in [-0.4, -0.2) is 43.8 Å². The molecule has 2 atom stereocenters. The lowest BCUT2D eigenvalue weighted by atomic mass is 9.99. The van der Waals surface area contributed by atoms with Crippen LogP contribution in [0.4, 0.5) is 13.2 Å². The first kappa shape index (κ1) is 14.8. The maximum absolute atomic E-state index is 12.3. The molecule has 2 unspecified atom stereocenters. The Hall–Kier alpha value is -0.290. The Labute approximate surface area is 102 Å². The quantitative estimate of drug-likeness (QED) is 0.782. The lowest BCUT2D eigenvalue weighted by Crippen LogP contribution is -2.37. The fraction of sp³-hybridized carbons (Fsp3) is 1.00. The molecular weight excluding hydrogens is 229 g/mol. The van der Waals surface area contributed by atoms with E-state index < -0.39 is 12.7 Å². The second-order valence-corrected chi connectivity index (χ2v) is 4.86. The van der Waals surface area contributed by atoms with Gasteiger partial charge >= 0.3 is 6.18 Å². The number of halogens is 3. The highest BCUT2D eigenvalue weighted by molar-refractivity contribution is 4.82. The van der Waals surface area contributed by atoms with Gasteiger partial charge in [-0.3, -0.25) is 4.90 Å². The van der Waals surface area contributed by atoms with Crippen molar-refractivity contribution in [3.8, 4) is 0 Å². The van der Waals surface area contributed by atoms with Gasteiger partial charge in [-0.25, -0.2) is 0 Å². The Bertz CT molecular complexity index is 218. The zero-order chi connectivity index (χ0) is 12.9. The van der Waals surface area contributed by atoms with Crippen LogP contribution in [0.15, 0.2) is 0 Å². The van der Waals surface area contributed by atoms with Crippen molar-refractivity contribution in [1.29, 1.82) is 0 Å². The van der Waals surface area contributed by atoms with Gasteiger partial charge in [0.15, 0.2) is 0 Å². The van der Waals surface area contributed by atoms with Gasteiger partial charge in [-0.15, -0.1) is 0 Å². The maximum Gasteiger partial charge on any atom is 0.401 e. The Morgan fingerprint density at radius 3 is 2.53 bits per heavy atom. The van der Waals surface area contributed by atoms with Crippen LogP contribution in [0.1, 0.15) is 32.6 Å². The topological polar surface area (TPSA) is 15.3 Å². The minimum absolute atomic E-state index is 0.469. The summed E-state index contributed by atoms with van der Waals surface area (Å²) in [6.45, 7) is 2.03. The second-order valence-electron chi connectivity index (χ2n) is 4.86. The van der Waals surface area contributed by atoms with Crippen LogP contribution in [0.3, 0.4) is 0 Å². The van der Waals surface area contributed by atoms with Crippen molar-refractivity contribution >= 4 is 0 Å². The number of nitrogens with zero attached hydrogens (tertiary/aromatic N) is 1. The third-order valence-corrected chi connectivity index (χ3v) is 3.70. The molecule has 1 rings (SSSR count). The van der Waals surface area contributed by atoms with Crippen molar-refractivity contribution in [2.75, 3.05) is 26.7 Å². The summed E-state index contributed by atoms with van der Waals surface area (Å²) in [4.78, 5) is 1.49. The van der Waals surface area contributed by atoms with E-state index in [4.69, 9.17) is 0 Å². The molecule has 0 bridgehead atoms. The highest BCUT2D eigenvalue weighted by Crippen LogP contribution is 2.28. The molecule has 0 aromatic rings. The minimum atomic E-state index is -4.08. The van der Waals surface area contributed by atoms with Crippen molar-refractivity contribution in [2.24, 2.45) is 5.92 Å². The smallest absolute Gasteiger partial charge is 0.317 e.